The van der Waals surface area contributed by atoms with Crippen molar-refractivity contribution in [3.05, 3.63) is 30.5 Å². The van der Waals surface area contributed by atoms with E-state index in [2.05, 4.69) is 30.3 Å². The number of halogens is 1. The Kier molecular flexibility index (Phi) is 5.55. The van der Waals surface area contributed by atoms with Crippen LogP contribution in [0.2, 0.25) is 0 Å². The molecule has 3 aliphatic carbocycles. The van der Waals surface area contributed by atoms with Gasteiger partial charge in [-0.25, -0.2) is 9.37 Å². The van der Waals surface area contributed by atoms with Gasteiger partial charge in [-0.3, -0.25) is 0 Å². The van der Waals surface area contributed by atoms with Crippen molar-refractivity contribution in [2.24, 2.45) is 11.8 Å². The van der Waals surface area contributed by atoms with Crippen molar-refractivity contribution in [2.45, 2.75) is 63.2 Å². The molecule has 2 bridgehead atoms. The average molecular weight is 505 g/mol. The van der Waals surface area contributed by atoms with E-state index in [0.717, 1.165) is 38.5 Å². The zero-order valence-corrected chi connectivity index (χ0v) is 20.5. The third-order valence-corrected chi connectivity index (χ3v) is 8.17. The van der Waals surface area contributed by atoms with Crippen LogP contribution in [0.5, 0.6) is 17.4 Å². The quantitative estimate of drug-likeness (QED) is 0.542. The van der Waals surface area contributed by atoms with Gasteiger partial charge in [-0.2, -0.15) is 0 Å². The van der Waals surface area contributed by atoms with Crippen LogP contribution in [0.1, 0.15) is 44.9 Å². The molecule has 10 heteroatoms. The number of rotatable bonds is 5. The second kappa shape index (κ2) is 9.08. The lowest BCUT2D eigenvalue weighted by Gasteiger charge is -2.46. The van der Waals surface area contributed by atoms with Crippen LogP contribution >= 0.6 is 0 Å². The number of fused-ring (bicyclic) bond motifs is 3. The van der Waals surface area contributed by atoms with Crippen LogP contribution in [-0.4, -0.2) is 62.0 Å². The van der Waals surface area contributed by atoms with Crippen LogP contribution in [0.3, 0.4) is 0 Å². The average Bonchev–Trinajstić information content (AvgIpc) is 3.77. The minimum absolute atomic E-state index is 0.00622. The topological polar surface area (TPSA) is 106 Å². The standard InChI is InChI=1S/C27H29FN6O3/c28-25-17-3-1-2-15(10-17)11-21(25)34(18-5-6-18)24-14-29-26(32-31-24)19-7-4-16(12-22(19)35)20-13-23-27(33-30-20)37-9-8-36-23/h4,7,12-15,17-18,21,25,35H,1-3,5-6,8-11H2/t15-,17+,21+,25-/m0/s1. The molecular weight excluding hydrogens is 475 g/mol. The molecule has 192 valence electrons. The van der Waals surface area contributed by atoms with E-state index in [1.54, 1.807) is 24.4 Å². The molecule has 3 heterocycles. The van der Waals surface area contributed by atoms with Gasteiger partial charge in [-0.1, -0.05) is 18.9 Å². The van der Waals surface area contributed by atoms with E-state index in [9.17, 15) is 5.11 Å². The molecule has 3 aromatic rings. The summed E-state index contributed by atoms with van der Waals surface area (Å²) in [6, 6.07) is 7.04. The highest BCUT2D eigenvalue weighted by molar-refractivity contribution is 5.72. The first-order valence-electron chi connectivity index (χ1n) is 13.2. The Morgan fingerprint density at radius 3 is 2.65 bits per heavy atom. The number of hydrogen-bond acceptors (Lipinski definition) is 9. The van der Waals surface area contributed by atoms with E-state index in [0.29, 0.717) is 65.3 Å². The number of hydrogen-bond donors (Lipinski definition) is 1. The molecule has 2 aromatic heterocycles. The van der Waals surface area contributed by atoms with Crippen LogP contribution in [0.25, 0.3) is 22.6 Å². The number of anilines is 1. The minimum atomic E-state index is -0.834. The number of nitrogens with zero attached hydrogens (tertiary/aromatic N) is 6. The lowest BCUT2D eigenvalue weighted by atomic mass is 9.69. The van der Waals surface area contributed by atoms with Gasteiger partial charge < -0.3 is 19.5 Å². The Morgan fingerprint density at radius 2 is 1.84 bits per heavy atom. The zero-order chi connectivity index (χ0) is 24.9. The van der Waals surface area contributed by atoms with Crippen molar-refractivity contribution < 1.29 is 19.0 Å². The second-order valence-electron chi connectivity index (χ2n) is 10.6. The number of aromatic nitrogens is 5. The zero-order valence-electron chi connectivity index (χ0n) is 20.5. The van der Waals surface area contributed by atoms with Crippen LogP contribution in [0.4, 0.5) is 10.2 Å². The molecule has 0 saturated heterocycles. The van der Waals surface area contributed by atoms with Gasteiger partial charge in [0.2, 0.25) is 0 Å². The van der Waals surface area contributed by atoms with E-state index in [4.69, 9.17) is 9.47 Å². The molecule has 4 aliphatic rings. The SMILES string of the molecule is Oc1cc(-c2cc3c(nn2)OCCO3)ccc1-c1ncc(N(C2CC2)[C@@H]2C[C@H]3CCC[C@H](C3)[C@@H]2F)nn1. The summed E-state index contributed by atoms with van der Waals surface area (Å²) in [5.74, 6) is 2.61. The number of aromatic hydroxyl groups is 1. The van der Waals surface area contributed by atoms with Crippen LogP contribution in [0.15, 0.2) is 30.5 Å². The molecule has 0 unspecified atom stereocenters. The first-order valence-corrected chi connectivity index (χ1v) is 13.2. The summed E-state index contributed by atoms with van der Waals surface area (Å²) >= 11 is 0. The molecule has 9 nitrogen and oxygen atoms in total. The fourth-order valence-electron chi connectivity index (χ4n) is 6.26. The molecular formula is C27H29FN6O3. The van der Waals surface area contributed by atoms with Gasteiger partial charge in [0.25, 0.3) is 5.88 Å². The molecule has 3 fully saturated rings. The Hall–Kier alpha value is -3.56. The molecule has 0 amide bonds. The van der Waals surface area contributed by atoms with Gasteiger partial charge in [-0.15, -0.1) is 20.4 Å². The Balaban J connectivity index is 1.13. The molecule has 4 atom stereocenters. The Labute approximate surface area is 214 Å². The number of benzene rings is 1. The highest BCUT2D eigenvalue weighted by Gasteiger charge is 2.46. The summed E-state index contributed by atoms with van der Waals surface area (Å²) in [6.07, 6.45) is 8.17. The smallest absolute Gasteiger partial charge is 0.276 e. The van der Waals surface area contributed by atoms with Crippen molar-refractivity contribution in [1.82, 2.24) is 25.4 Å². The van der Waals surface area contributed by atoms with Gasteiger partial charge in [0.1, 0.15) is 25.1 Å². The molecule has 0 radical (unpaired) electrons. The second-order valence-corrected chi connectivity index (χ2v) is 10.6. The van der Waals surface area contributed by atoms with Crippen molar-refractivity contribution in [2.75, 3.05) is 18.1 Å². The third-order valence-electron chi connectivity index (χ3n) is 8.17. The van der Waals surface area contributed by atoms with Gasteiger partial charge in [0.15, 0.2) is 17.4 Å². The first kappa shape index (κ1) is 22.6. The third kappa shape index (κ3) is 4.22. The monoisotopic (exact) mass is 504 g/mol. The molecule has 1 N–H and O–H groups in total. The maximum absolute atomic E-state index is 15.5. The fraction of sp³-hybridized carbons (Fsp3) is 0.519. The van der Waals surface area contributed by atoms with Crippen LogP contribution in [-0.2, 0) is 0 Å². The summed E-state index contributed by atoms with van der Waals surface area (Å²) in [6.45, 7) is 0.895. The summed E-state index contributed by atoms with van der Waals surface area (Å²) < 4.78 is 26.6. The summed E-state index contributed by atoms with van der Waals surface area (Å²) in [4.78, 5) is 6.69. The summed E-state index contributed by atoms with van der Waals surface area (Å²) in [7, 11) is 0. The molecule has 1 aliphatic heterocycles. The molecule has 3 saturated carbocycles. The highest BCUT2D eigenvalue weighted by atomic mass is 19.1. The molecule has 7 rings (SSSR count). The van der Waals surface area contributed by atoms with Crippen LogP contribution in [0, 0.1) is 11.8 Å². The Bertz CT molecular complexity index is 1300. The van der Waals surface area contributed by atoms with Crippen molar-refractivity contribution >= 4 is 5.82 Å². The number of phenolic OH excluding ortho intramolecular Hbond substituents is 1. The summed E-state index contributed by atoms with van der Waals surface area (Å²) in [5.41, 5.74) is 1.69. The minimum Gasteiger partial charge on any atom is -0.507 e. The van der Waals surface area contributed by atoms with Gasteiger partial charge >= 0.3 is 0 Å². The van der Waals surface area contributed by atoms with Crippen LogP contribution < -0.4 is 14.4 Å². The Morgan fingerprint density at radius 1 is 0.946 bits per heavy atom. The predicted octanol–water partition coefficient (Wildman–Crippen LogP) is 4.36. The van der Waals surface area contributed by atoms with E-state index in [1.165, 1.54) is 6.42 Å². The highest BCUT2D eigenvalue weighted by Crippen LogP contribution is 2.46. The lowest BCUT2D eigenvalue weighted by molar-refractivity contribution is 0.0631. The van der Waals surface area contributed by atoms with E-state index >= 15 is 4.39 Å². The largest absolute Gasteiger partial charge is 0.507 e. The number of ether oxygens (including phenoxy) is 2. The molecule has 37 heavy (non-hydrogen) atoms. The van der Waals surface area contributed by atoms with Gasteiger partial charge in [0, 0.05) is 17.7 Å². The predicted molar refractivity (Wildman–Crippen MR) is 133 cm³/mol. The maximum atomic E-state index is 15.5. The number of alkyl halides is 1. The fourth-order valence-corrected chi connectivity index (χ4v) is 6.26. The normalized spacial score (nSPS) is 26.5. The van der Waals surface area contributed by atoms with E-state index in [-0.39, 0.29) is 17.7 Å². The van der Waals surface area contributed by atoms with Crippen molar-refractivity contribution in [1.29, 1.82) is 0 Å². The molecule has 0 spiro atoms. The van der Waals surface area contributed by atoms with Gasteiger partial charge in [0.05, 0.1) is 23.5 Å². The van der Waals surface area contributed by atoms with Crippen molar-refractivity contribution in [3.8, 4) is 40.0 Å². The van der Waals surface area contributed by atoms with E-state index < -0.39 is 6.17 Å². The lowest BCUT2D eigenvalue weighted by Crippen LogP contribution is -2.52. The maximum Gasteiger partial charge on any atom is 0.276 e. The number of phenols is 1. The first-order chi connectivity index (χ1) is 18.1. The van der Waals surface area contributed by atoms with E-state index in [1.807, 2.05) is 6.07 Å². The molecule has 1 aromatic carbocycles. The summed E-state index contributed by atoms with van der Waals surface area (Å²) in [5, 5.41) is 27.8. The van der Waals surface area contributed by atoms with Gasteiger partial charge in [-0.05, 0) is 56.1 Å². The van der Waals surface area contributed by atoms with Crippen molar-refractivity contribution in [3.63, 3.8) is 0 Å².